The van der Waals surface area contributed by atoms with Gasteiger partial charge in [-0.25, -0.2) is 0 Å². The first kappa shape index (κ1) is 13.5. The Morgan fingerprint density at radius 3 is 2.84 bits per heavy atom. The highest BCUT2D eigenvalue weighted by Crippen LogP contribution is 2.38. The second-order valence-electron chi connectivity index (χ2n) is 4.71. The van der Waals surface area contributed by atoms with Crippen LogP contribution < -0.4 is 10.2 Å². The second-order valence-corrected chi connectivity index (χ2v) is 4.71. The SMILES string of the molecule is CNCCC(=O)N1CC(CC(=O)O)c2ccccc21. The third-order valence-corrected chi connectivity index (χ3v) is 3.38. The molecule has 1 aliphatic heterocycles. The van der Waals surface area contributed by atoms with Crippen molar-refractivity contribution in [1.29, 1.82) is 0 Å². The zero-order valence-electron chi connectivity index (χ0n) is 10.9. The van der Waals surface area contributed by atoms with Crippen molar-refractivity contribution in [2.75, 3.05) is 25.0 Å². The van der Waals surface area contributed by atoms with Crippen molar-refractivity contribution in [3.05, 3.63) is 29.8 Å². The van der Waals surface area contributed by atoms with Gasteiger partial charge in [0.15, 0.2) is 0 Å². The third-order valence-electron chi connectivity index (χ3n) is 3.38. The Morgan fingerprint density at radius 2 is 2.16 bits per heavy atom. The van der Waals surface area contributed by atoms with Gasteiger partial charge in [0.05, 0.1) is 6.42 Å². The van der Waals surface area contributed by atoms with Gasteiger partial charge in [-0.3, -0.25) is 9.59 Å². The molecule has 2 N–H and O–H groups in total. The first-order valence-corrected chi connectivity index (χ1v) is 6.39. The van der Waals surface area contributed by atoms with Gasteiger partial charge in [-0.1, -0.05) is 18.2 Å². The highest BCUT2D eigenvalue weighted by molar-refractivity contribution is 5.96. The number of para-hydroxylation sites is 1. The predicted octanol–water partition coefficient (Wildman–Crippen LogP) is 1.20. The molecule has 1 aliphatic rings. The Morgan fingerprint density at radius 1 is 1.42 bits per heavy atom. The molecule has 5 heteroatoms. The lowest BCUT2D eigenvalue weighted by Gasteiger charge is -2.17. The van der Waals surface area contributed by atoms with Crippen LogP contribution in [0.5, 0.6) is 0 Å². The van der Waals surface area contributed by atoms with E-state index in [4.69, 9.17) is 5.11 Å². The molecule has 1 unspecified atom stereocenters. The van der Waals surface area contributed by atoms with E-state index in [2.05, 4.69) is 5.32 Å². The number of anilines is 1. The summed E-state index contributed by atoms with van der Waals surface area (Å²) in [7, 11) is 1.80. The van der Waals surface area contributed by atoms with Gasteiger partial charge in [-0.2, -0.15) is 0 Å². The van der Waals surface area contributed by atoms with Crippen LogP contribution in [0.1, 0.15) is 24.3 Å². The molecule has 2 rings (SSSR count). The van der Waals surface area contributed by atoms with Crippen LogP contribution in [0.25, 0.3) is 0 Å². The van der Waals surface area contributed by atoms with Gasteiger partial charge in [-0.05, 0) is 18.7 Å². The number of carbonyl (C=O) groups is 2. The number of carboxylic acid groups (broad SMARTS) is 1. The maximum Gasteiger partial charge on any atom is 0.304 e. The summed E-state index contributed by atoms with van der Waals surface area (Å²) in [5.41, 5.74) is 1.82. The summed E-state index contributed by atoms with van der Waals surface area (Å²) in [5.74, 6) is -0.897. The van der Waals surface area contributed by atoms with Gasteiger partial charge in [0.1, 0.15) is 0 Å². The summed E-state index contributed by atoms with van der Waals surface area (Å²) in [6.07, 6.45) is 0.484. The molecular weight excluding hydrogens is 244 g/mol. The van der Waals surface area contributed by atoms with Crippen molar-refractivity contribution in [3.8, 4) is 0 Å². The summed E-state index contributed by atoms with van der Waals surface area (Å²) in [4.78, 5) is 24.7. The van der Waals surface area contributed by atoms with Crippen molar-refractivity contribution in [2.24, 2.45) is 0 Å². The van der Waals surface area contributed by atoms with Crippen LogP contribution in [0.2, 0.25) is 0 Å². The van der Waals surface area contributed by atoms with Crippen molar-refractivity contribution in [1.82, 2.24) is 5.32 Å². The Labute approximate surface area is 112 Å². The van der Waals surface area contributed by atoms with E-state index in [1.165, 1.54) is 0 Å². The third kappa shape index (κ3) is 2.93. The highest BCUT2D eigenvalue weighted by atomic mass is 16.4. The molecule has 0 bridgehead atoms. The normalized spacial score (nSPS) is 17.3. The first-order chi connectivity index (χ1) is 9.13. The number of aliphatic carboxylic acids is 1. The van der Waals surface area contributed by atoms with Gasteiger partial charge in [-0.15, -0.1) is 0 Å². The highest BCUT2D eigenvalue weighted by Gasteiger charge is 2.32. The lowest BCUT2D eigenvalue weighted by molar-refractivity contribution is -0.137. The number of carbonyl (C=O) groups excluding carboxylic acids is 1. The van der Waals surface area contributed by atoms with Gasteiger partial charge in [0, 0.05) is 31.1 Å². The number of nitrogens with zero attached hydrogens (tertiary/aromatic N) is 1. The predicted molar refractivity (Wildman–Crippen MR) is 72.3 cm³/mol. The number of rotatable bonds is 5. The molecule has 0 spiro atoms. The number of benzene rings is 1. The van der Waals surface area contributed by atoms with E-state index in [-0.39, 0.29) is 18.2 Å². The molecule has 0 saturated heterocycles. The van der Waals surface area contributed by atoms with Crippen LogP contribution in [0, 0.1) is 0 Å². The fraction of sp³-hybridized carbons (Fsp3) is 0.429. The summed E-state index contributed by atoms with van der Waals surface area (Å²) >= 11 is 0. The molecule has 0 aromatic heterocycles. The maximum atomic E-state index is 12.1. The van der Waals surface area contributed by atoms with Crippen LogP contribution in [-0.4, -0.2) is 37.1 Å². The summed E-state index contributed by atoms with van der Waals surface area (Å²) < 4.78 is 0. The molecule has 1 amide bonds. The van der Waals surface area contributed by atoms with Gasteiger partial charge in [0.2, 0.25) is 5.91 Å². The average Bonchev–Trinajstić information content (AvgIpc) is 2.75. The Bertz CT molecular complexity index is 487. The molecule has 5 nitrogen and oxygen atoms in total. The topological polar surface area (TPSA) is 69.6 Å². The van der Waals surface area contributed by atoms with E-state index in [1.54, 1.807) is 11.9 Å². The van der Waals surface area contributed by atoms with E-state index in [0.717, 1.165) is 11.3 Å². The lowest BCUT2D eigenvalue weighted by Crippen LogP contribution is -2.32. The van der Waals surface area contributed by atoms with Crippen LogP contribution in [0.15, 0.2) is 24.3 Å². The number of fused-ring (bicyclic) bond motifs is 1. The van der Waals surface area contributed by atoms with Crippen molar-refractivity contribution in [2.45, 2.75) is 18.8 Å². The Balaban J connectivity index is 2.20. The molecule has 0 fully saturated rings. The van der Waals surface area contributed by atoms with Crippen LogP contribution >= 0.6 is 0 Å². The molecule has 1 atom stereocenters. The molecule has 0 saturated carbocycles. The number of amides is 1. The molecule has 0 radical (unpaired) electrons. The van der Waals surface area contributed by atoms with Crippen molar-refractivity contribution < 1.29 is 14.7 Å². The molecule has 1 aromatic rings. The second kappa shape index (κ2) is 5.84. The van der Waals surface area contributed by atoms with Crippen LogP contribution in [0.4, 0.5) is 5.69 Å². The molecule has 0 aliphatic carbocycles. The fourth-order valence-electron chi connectivity index (χ4n) is 2.48. The number of hydrogen-bond acceptors (Lipinski definition) is 3. The summed E-state index contributed by atoms with van der Waals surface area (Å²) in [6, 6.07) is 7.55. The molecule has 102 valence electrons. The summed E-state index contributed by atoms with van der Waals surface area (Å²) in [6.45, 7) is 1.09. The minimum absolute atomic E-state index is 0.0367. The largest absolute Gasteiger partial charge is 0.481 e. The van der Waals surface area contributed by atoms with Gasteiger partial charge in [0.25, 0.3) is 0 Å². The molecule has 1 aromatic carbocycles. The van der Waals surface area contributed by atoms with E-state index in [9.17, 15) is 9.59 Å². The smallest absolute Gasteiger partial charge is 0.304 e. The number of hydrogen-bond donors (Lipinski definition) is 2. The molecule has 19 heavy (non-hydrogen) atoms. The minimum atomic E-state index is -0.829. The van der Waals surface area contributed by atoms with Gasteiger partial charge >= 0.3 is 5.97 Å². The van der Waals surface area contributed by atoms with Gasteiger partial charge < -0.3 is 15.3 Å². The number of carboxylic acids is 1. The fourth-order valence-corrected chi connectivity index (χ4v) is 2.48. The standard InChI is InChI=1S/C14H18N2O3/c1-15-7-6-13(17)16-9-10(8-14(18)19)11-4-2-3-5-12(11)16/h2-5,10,15H,6-9H2,1H3,(H,18,19). The minimum Gasteiger partial charge on any atom is -0.481 e. The van der Waals surface area contributed by atoms with Crippen molar-refractivity contribution >= 4 is 17.6 Å². The van der Waals surface area contributed by atoms with E-state index < -0.39 is 5.97 Å². The number of nitrogens with one attached hydrogen (secondary N) is 1. The Hall–Kier alpha value is -1.88. The Kier molecular flexibility index (Phi) is 4.16. The first-order valence-electron chi connectivity index (χ1n) is 6.39. The van der Waals surface area contributed by atoms with E-state index in [0.29, 0.717) is 19.5 Å². The zero-order valence-corrected chi connectivity index (χ0v) is 10.9. The molecule has 1 heterocycles. The zero-order chi connectivity index (χ0) is 13.8. The van der Waals surface area contributed by atoms with E-state index >= 15 is 0 Å². The monoisotopic (exact) mass is 262 g/mol. The maximum absolute atomic E-state index is 12.1. The molecular formula is C14H18N2O3. The average molecular weight is 262 g/mol. The summed E-state index contributed by atoms with van der Waals surface area (Å²) in [5, 5.41) is 11.9. The quantitative estimate of drug-likeness (QED) is 0.836. The lowest BCUT2D eigenvalue weighted by atomic mass is 9.98. The van der Waals surface area contributed by atoms with Crippen molar-refractivity contribution in [3.63, 3.8) is 0 Å². The van der Waals surface area contributed by atoms with Crippen LogP contribution in [-0.2, 0) is 9.59 Å². The van der Waals surface area contributed by atoms with E-state index in [1.807, 2.05) is 24.3 Å². The van der Waals surface area contributed by atoms with Crippen LogP contribution in [0.3, 0.4) is 0 Å².